The first-order valence-corrected chi connectivity index (χ1v) is 15.6. The summed E-state index contributed by atoms with van der Waals surface area (Å²) in [5, 5.41) is 13.6. The molecule has 2 heterocycles. The van der Waals surface area contributed by atoms with Crippen molar-refractivity contribution in [2.45, 2.75) is 51.2 Å². The fourth-order valence-electron chi connectivity index (χ4n) is 5.64. The van der Waals surface area contributed by atoms with Crippen molar-refractivity contribution in [3.8, 4) is 0 Å². The molecule has 0 aliphatic carbocycles. The molecule has 1 amide bonds. The van der Waals surface area contributed by atoms with Crippen LogP contribution < -0.4 is 11.1 Å². The highest BCUT2D eigenvalue weighted by molar-refractivity contribution is 6.08. The molecule has 4 N–H and O–H groups in total. The van der Waals surface area contributed by atoms with E-state index < -0.39 is 11.6 Å². The van der Waals surface area contributed by atoms with Crippen LogP contribution in [0, 0.1) is 0 Å². The summed E-state index contributed by atoms with van der Waals surface area (Å²) in [6.07, 6.45) is 3.93. The maximum atomic E-state index is 13.3. The van der Waals surface area contributed by atoms with E-state index in [2.05, 4.69) is 38.2 Å². The molecule has 4 aromatic carbocycles. The number of amides is 1. The zero-order valence-corrected chi connectivity index (χ0v) is 26.1. The summed E-state index contributed by atoms with van der Waals surface area (Å²) < 4.78 is 2.10. The molecular formula is C38H38N6O2. The molecule has 0 saturated carbocycles. The summed E-state index contributed by atoms with van der Waals surface area (Å²) in [5.74, 6) is 1.16. The van der Waals surface area contributed by atoms with Gasteiger partial charge in [0.2, 0.25) is 5.91 Å². The van der Waals surface area contributed by atoms with Gasteiger partial charge in [0.15, 0.2) is 11.6 Å². The Hall–Kier alpha value is -5.34. The number of rotatable bonds is 12. The zero-order chi connectivity index (χ0) is 32.1. The predicted molar refractivity (Wildman–Crippen MR) is 180 cm³/mol. The SMILES string of the molecule is CC(C)(N)C(=O)N[C@H](Cc1c[nH]c2ccccc12)c1nnc(CCc2ccccc2)n1Cc1ccc(C(=O)c2ccccc2)cc1. The number of nitrogens with zero attached hydrogens (tertiary/aromatic N) is 3. The molecule has 0 aliphatic heterocycles. The number of benzene rings is 4. The first-order valence-electron chi connectivity index (χ1n) is 15.6. The van der Waals surface area contributed by atoms with Crippen molar-refractivity contribution in [3.63, 3.8) is 0 Å². The maximum Gasteiger partial charge on any atom is 0.240 e. The lowest BCUT2D eigenvalue weighted by Gasteiger charge is -2.25. The van der Waals surface area contributed by atoms with Gasteiger partial charge in [-0.05, 0) is 43.0 Å². The van der Waals surface area contributed by atoms with Gasteiger partial charge >= 0.3 is 0 Å². The number of fused-ring (bicyclic) bond motifs is 1. The Balaban J connectivity index is 1.35. The topological polar surface area (TPSA) is 119 Å². The number of hydrogen-bond donors (Lipinski definition) is 3. The molecule has 0 spiro atoms. The van der Waals surface area contributed by atoms with Crippen molar-refractivity contribution >= 4 is 22.6 Å². The van der Waals surface area contributed by atoms with Crippen molar-refractivity contribution in [1.29, 1.82) is 0 Å². The Kier molecular flexibility index (Phi) is 8.90. The predicted octanol–water partition coefficient (Wildman–Crippen LogP) is 5.96. The van der Waals surface area contributed by atoms with Crippen molar-refractivity contribution < 1.29 is 9.59 Å². The van der Waals surface area contributed by atoms with E-state index in [4.69, 9.17) is 10.8 Å². The van der Waals surface area contributed by atoms with Gasteiger partial charge in [-0.25, -0.2) is 0 Å². The second-order valence-corrected chi connectivity index (χ2v) is 12.2. The largest absolute Gasteiger partial charge is 0.361 e. The summed E-state index contributed by atoms with van der Waals surface area (Å²) in [6, 6.07) is 34.8. The molecule has 46 heavy (non-hydrogen) atoms. The molecule has 0 fully saturated rings. The number of H-pyrrole nitrogens is 1. The average Bonchev–Trinajstić information content (AvgIpc) is 3.67. The Bertz CT molecular complexity index is 1940. The van der Waals surface area contributed by atoms with Crippen molar-refractivity contribution in [2.24, 2.45) is 5.73 Å². The van der Waals surface area contributed by atoms with Crippen molar-refractivity contribution in [2.75, 3.05) is 0 Å². The number of nitrogens with one attached hydrogen (secondary N) is 2. The molecule has 0 unspecified atom stereocenters. The van der Waals surface area contributed by atoms with Crippen LogP contribution in [0.3, 0.4) is 0 Å². The molecule has 6 aromatic rings. The quantitative estimate of drug-likeness (QED) is 0.148. The van der Waals surface area contributed by atoms with Crippen LogP contribution in [-0.4, -0.2) is 37.0 Å². The molecule has 8 nitrogen and oxygen atoms in total. The first-order chi connectivity index (χ1) is 22.3. The monoisotopic (exact) mass is 610 g/mol. The van der Waals surface area contributed by atoms with E-state index in [-0.39, 0.29) is 11.7 Å². The van der Waals surface area contributed by atoms with Gasteiger partial charge in [0.1, 0.15) is 5.82 Å². The van der Waals surface area contributed by atoms with Gasteiger partial charge in [-0.15, -0.1) is 10.2 Å². The Morgan fingerprint density at radius 3 is 2.17 bits per heavy atom. The minimum atomic E-state index is -1.08. The standard InChI is InChI=1S/C38H38N6O2/c1-38(2,39)37(46)41-33(23-30-24-40-32-16-10-9-15-31(30)32)36-43-42-34(22-19-26-11-5-3-6-12-26)44(36)25-27-17-20-29(21-18-27)35(45)28-13-7-4-8-14-28/h3-18,20-21,24,33,40H,19,22-23,25,39H2,1-2H3,(H,41,46)/t33-/m1/s1. The summed E-state index contributed by atoms with van der Waals surface area (Å²) in [7, 11) is 0. The number of nitrogens with two attached hydrogens (primary N) is 1. The summed E-state index contributed by atoms with van der Waals surface area (Å²) in [6.45, 7) is 3.86. The molecular weight excluding hydrogens is 572 g/mol. The van der Waals surface area contributed by atoms with Gasteiger partial charge in [0, 0.05) is 41.1 Å². The molecule has 0 aliphatic rings. The zero-order valence-electron chi connectivity index (χ0n) is 26.1. The van der Waals surface area contributed by atoms with E-state index in [1.165, 1.54) is 5.56 Å². The number of ketones is 1. The van der Waals surface area contributed by atoms with E-state index in [1.54, 1.807) is 13.8 Å². The van der Waals surface area contributed by atoms with E-state index in [1.807, 2.05) is 97.2 Å². The molecule has 0 bridgehead atoms. The van der Waals surface area contributed by atoms with Crippen LogP contribution in [0.25, 0.3) is 10.9 Å². The first kappa shape index (κ1) is 30.7. The van der Waals surface area contributed by atoms with Crippen LogP contribution in [-0.2, 0) is 30.6 Å². The molecule has 1 atom stereocenters. The maximum absolute atomic E-state index is 13.3. The third-order valence-corrected chi connectivity index (χ3v) is 8.23. The molecule has 8 heteroatoms. The minimum absolute atomic E-state index is 0.0217. The van der Waals surface area contributed by atoms with Crippen LogP contribution in [0.2, 0.25) is 0 Å². The lowest BCUT2D eigenvalue weighted by Crippen LogP contribution is -2.50. The van der Waals surface area contributed by atoms with E-state index in [0.29, 0.717) is 36.3 Å². The third-order valence-electron chi connectivity index (χ3n) is 8.23. The highest BCUT2D eigenvalue weighted by Gasteiger charge is 2.29. The van der Waals surface area contributed by atoms with Gasteiger partial charge in [-0.3, -0.25) is 9.59 Å². The van der Waals surface area contributed by atoms with Gasteiger partial charge in [0.25, 0.3) is 0 Å². The van der Waals surface area contributed by atoms with Crippen LogP contribution in [0.15, 0.2) is 115 Å². The van der Waals surface area contributed by atoms with Gasteiger partial charge in [-0.2, -0.15) is 0 Å². The van der Waals surface area contributed by atoms with Crippen molar-refractivity contribution in [1.82, 2.24) is 25.1 Å². The lowest BCUT2D eigenvalue weighted by atomic mass is 10.0. The number of para-hydroxylation sites is 1. The van der Waals surface area contributed by atoms with Crippen LogP contribution in [0.4, 0.5) is 0 Å². The summed E-state index contributed by atoms with van der Waals surface area (Å²) in [5.41, 5.74) is 10.7. The van der Waals surface area contributed by atoms with E-state index in [0.717, 1.165) is 34.3 Å². The number of carbonyl (C=O) groups excluding carboxylic acids is 2. The average molecular weight is 611 g/mol. The fourth-order valence-corrected chi connectivity index (χ4v) is 5.64. The van der Waals surface area contributed by atoms with Crippen LogP contribution in [0.5, 0.6) is 0 Å². The van der Waals surface area contributed by atoms with Gasteiger partial charge in [-0.1, -0.05) is 103 Å². The molecule has 0 saturated heterocycles. The lowest BCUT2D eigenvalue weighted by molar-refractivity contribution is -0.126. The second kappa shape index (κ2) is 13.3. The van der Waals surface area contributed by atoms with E-state index in [9.17, 15) is 9.59 Å². The minimum Gasteiger partial charge on any atom is -0.361 e. The Labute approximate surface area is 268 Å². The second-order valence-electron chi connectivity index (χ2n) is 12.2. The fraction of sp³-hybridized carbons (Fsp3) is 0.211. The van der Waals surface area contributed by atoms with Crippen LogP contribution in [0.1, 0.15) is 64.1 Å². The van der Waals surface area contributed by atoms with E-state index >= 15 is 0 Å². The molecule has 232 valence electrons. The van der Waals surface area contributed by atoms with Gasteiger partial charge < -0.3 is 20.6 Å². The Morgan fingerprint density at radius 1 is 0.804 bits per heavy atom. The number of hydrogen-bond acceptors (Lipinski definition) is 5. The number of aryl methyl sites for hydroxylation is 2. The molecule has 2 aromatic heterocycles. The summed E-state index contributed by atoms with van der Waals surface area (Å²) in [4.78, 5) is 29.7. The Morgan fingerprint density at radius 2 is 1.46 bits per heavy atom. The summed E-state index contributed by atoms with van der Waals surface area (Å²) >= 11 is 0. The highest BCUT2D eigenvalue weighted by Crippen LogP contribution is 2.26. The molecule has 0 radical (unpaired) electrons. The molecule has 6 rings (SSSR count). The number of aromatic amines is 1. The van der Waals surface area contributed by atoms with Crippen LogP contribution >= 0.6 is 0 Å². The number of carbonyl (C=O) groups is 2. The third kappa shape index (κ3) is 6.98. The highest BCUT2D eigenvalue weighted by atomic mass is 16.2. The van der Waals surface area contributed by atoms with Gasteiger partial charge in [0.05, 0.1) is 18.1 Å². The normalized spacial score (nSPS) is 12.2. The van der Waals surface area contributed by atoms with Crippen molar-refractivity contribution in [3.05, 3.63) is 155 Å². The number of aromatic nitrogens is 4. The smallest absolute Gasteiger partial charge is 0.240 e.